The topological polar surface area (TPSA) is 86.8 Å². The van der Waals surface area contributed by atoms with Gasteiger partial charge in [0.1, 0.15) is 12.6 Å². The van der Waals surface area contributed by atoms with Crippen molar-refractivity contribution in [3.8, 4) is 0 Å². The maximum atomic E-state index is 14.1. The molecule has 1 atom stereocenters. The van der Waals surface area contributed by atoms with Gasteiger partial charge in [0.2, 0.25) is 11.8 Å². The fourth-order valence-electron chi connectivity index (χ4n) is 4.29. The number of hydrogen-bond acceptors (Lipinski definition) is 4. The highest BCUT2D eigenvalue weighted by atomic mass is 35.5. The molecule has 0 heterocycles. The SMILES string of the molecule is CC[C@H](C(=O)NC(C)(C)C)N(Cc1ccc(Cl)cc1)C(=O)CN(c1ccc(Cl)c(C(F)(F)F)c1)S(=O)(=O)c1ccccc1. The summed E-state index contributed by atoms with van der Waals surface area (Å²) < 4.78 is 69.6. The van der Waals surface area contributed by atoms with Gasteiger partial charge in [-0.05, 0) is 75.2 Å². The molecule has 7 nitrogen and oxygen atoms in total. The van der Waals surface area contributed by atoms with Crippen molar-refractivity contribution in [2.45, 2.75) is 63.3 Å². The van der Waals surface area contributed by atoms with Gasteiger partial charge < -0.3 is 10.2 Å². The third kappa shape index (κ3) is 8.87. The number of amides is 2. The standard InChI is InChI=1S/C30H32Cl2F3N3O4S/c1-5-26(28(40)36-29(2,3)4)37(18-20-11-13-21(31)14-12-20)27(39)19-38(43(41,42)23-9-7-6-8-10-23)22-15-16-25(32)24(17-22)30(33,34)35/h6-17,26H,5,18-19H2,1-4H3,(H,36,40)/t26-/m1/s1. The normalized spacial score (nSPS) is 12.9. The van der Waals surface area contributed by atoms with E-state index >= 15 is 0 Å². The largest absolute Gasteiger partial charge is 0.417 e. The first kappa shape index (κ1) is 34.2. The lowest BCUT2D eigenvalue weighted by atomic mass is 10.1. The van der Waals surface area contributed by atoms with Gasteiger partial charge in [0.25, 0.3) is 10.0 Å². The Balaban J connectivity index is 2.14. The zero-order chi connectivity index (χ0) is 32.2. The Morgan fingerprint density at radius 3 is 2.07 bits per heavy atom. The number of sulfonamides is 1. The van der Waals surface area contributed by atoms with Crippen LogP contribution in [0.5, 0.6) is 0 Å². The lowest BCUT2D eigenvalue weighted by molar-refractivity contribution is -0.141. The molecule has 0 fully saturated rings. The predicted octanol–water partition coefficient (Wildman–Crippen LogP) is 6.93. The van der Waals surface area contributed by atoms with Crippen molar-refractivity contribution in [2.75, 3.05) is 10.8 Å². The second kappa shape index (κ2) is 13.6. The van der Waals surface area contributed by atoms with Crippen molar-refractivity contribution in [2.24, 2.45) is 0 Å². The zero-order valence-corrected chi connectivity index (χ0v) is 26.3. The summed E-state index contributed by atoms with van der Waals surface area (Å²) >= 11 is 11.8. The molecular formula is C30H32Cl2F3N3O4S. The molecule has 0 spiro atoms. The third-order valence-electron chi connectivity index (χ3n) is 6.30. The van der Waals surface area contributed by atoms with E-state index < -0.39 is 62.4 Å². The van der Waals surface area contributed by atoms with Crippen molar-refractivity contribution in [3.63, 3.8) is 0 Å². The Kier molecular flexibility index (Phi) is 10.8. The van der Waals surface area contributed by atoms with Gasteiger partial charge in [0.05, 0.1) is 21.2 Å². The van der Waals surface area contributed by atoms with Crippen LogP contribution in [-0.4, -0.2) is 43.3 Å². The van der Waals surface area contributed by atoms with E-state index in [9.17, 15) is 31.2 Å². The molecule has 3 aromatic rings. The smallest absolute Gasteiger partial charge is 0.350 e. The van der Waals surface area contributed by atoms with Crippen molar-refractivity contribution in [3.05, 3.63) is 94.0 Å². The molecule has 0 saturated heterocycles. The molecule has 3 rings (SSSR count). The van der Waals surface area contributed by atoms with Crippen LogP contribution in [0.4, 0.5) is 18.9 Å². The highest BCUT2D eigenvalue weighted by Crippen LogP contribution is 2.38. The molecule has 13 heteroatoms. The van der Waals surface area contributed by atoms with Gasteiger partial charge in [-0.3, -0.25) is 13.9 Å². The Bertz CT molecular complexity index is 1550. The van der Waals surface area contributed by atoms with Gasteiger partial charge >= 0.3 is 6.18 Å². The average molecular weight is 659 g/mol. The van der Waals surface area contributed by atoms with E-state index in [-0.39, 0.29) is 17.9 Å². The summed E-state index contributed by atoms with van der Waals surface area (Å²) in [5.74, 6) is -1.28. The van der Waals surface area contributed by atoms with Gasteiger partial charge in [-0.1, -0.05) is 60.5 Å². The molecule has 0 radical (unpaired) electrons. The summed E-state index contributed by atoms with van der Waals surface area (Å²) in [4.78, 5) is 28.4. The van der Waals surface area contributed by atoms with Crippen LogP contribution in [0.2, 0.25) is 10.0 Å². The Labute approximate surface area is 259 Å². The highest BCUT2D eigenvalue weighted by molar-refractivity contribution is 7.92. The number of carbonyl (C=O) groups is 2. The minimum Gasteiger partial charge on any atom is -0.350 e. The first-order valence-corrected chi connectivity index (χ1v) is 15.4. The molecule has 232 valence electrons. The van der Waals surface area contributed by atoms with Crippen LogP contribution < -0.4 is 9.62 Å². The zero-order valence-electron chi connectivity index (χ0n) is 24.0. The number of benzene rings is 3. The lowest BCUT2D eigenvalue weighted by Crippen LogP contribution is -2.55. The molecule has 0 aliphatic heterocycles. The van der Waals surface area contributed by atoms with Crippen LogP contribution >= 0.6 is 23.2 Å². The number of alkyl halides is 3. The monoisotopic (exact) mass is 657 g/mol. The molecule has 2 amide bonds. The first-order valence-electron chi connectivity index (χ1n) is 13.2. The third-order valence-corrected chi connectivity index (χ3v) is 8.67. The molecule has 3 aromatic carbocycles. The van der Waals surface area contributed by atoms with Gasteiger partial charge in [-0.15, -0.1) is 0 Å². The number of halogens is 5. The van der Waals surface area contributed by atoms with Crippen LogP contribution in [-0.2, 0) is 32.3 Å². The summed E-state index contributed by atoms with van der Waals surface area (Å²) in [6.45, 7) is 6.02. The fraction of sp³-hybridized carbons (Fsp3) is 0.333. The van der Waals surface area contributed by atoms with Crippen LogP contribution in [0.1, 0.15) is 45.2 Å². The minimum atomic E-state index is -4.89. The molecule has 0 aliphatic rings. The van der Waals surface area contributed by atoms with E-state index in [2.05, 4.69) is 5.32 Å². The van der Waals surface area contributed by atoms with Crippen LogP contribution in [0.15, 0.2) is 77.7 Å². The second-order valence-corrected chi connectivity index (χ2v) is 13.5. The highest BCUT2D eigenvalue weighted by Gasteiger charge is 2.37. The maximum Gasteiger partial charge on any atom is 0.417 e. The van der Waals surface area contributed by atoms with Gasteiger partial charge in [0.15, 0.2) is 0 Å². The van der Waals surface area contributed by atoms with Crippen molar-refractivity contribution < 1.29 is 31.2 Å². The number of hydrogen-bond donors (Lipinski definition) is 1. The molecular weight excluding hydrogens is 626 g/mol. The van der Waals surface area contributed by atoms with Crippen molar-refractivity contribution >= 4 is 50.7 Å². The number of carbonyl (C=O) groups excluding carboxylic acids is 2. The summed E-state index contributed by atoms with van der Waals surface area (Å²) in [7, 11) is -4.56. The van der Waals surface area contributed by atoms with Crippen molar-refractivity contribution in [1.29, 1.82) is 0 Å². The quantitative estimate of drug-likeness (QED) is 0.256. The molecule has 0 saturated carbocycles. The molecule has 0 aliphatic carbocycles. The number of nitrogens with zero attached hydrogens (tertiary/aromatic N) is 2. The minimum absolute atomic E-state index is 0.0975. The molecule has 0 aromatic heterocycles. The van der Waals surface area contributed by atoms with E-state index in [4.69, 9.17) is 23.2 Å². The van der Waals surface area contributed by atoms with Crippen LogP contribution in [0.25, 0.3) is 0 Å². The molecule has 0 unspecified atom stereocenters. The Morgan fingerprint density at radius 1 is 0.930 bits per heavy atom. The Hall–Kier alpha value is -3.28. The van der Waals surface area contributed by atoms with E-state index in [1.807, 2.05) is 0 Å². The fourth-order valence-corrected chi connectivity index (χ4v) is 6.07. The van der Waals surface area contributed by atoms with Gasteiger partial charge in [-0.2, -0.15) is 13.2 Å². The second-order valence-electron chi connectivity index (χ2n) is 10.8. The number of nitrogens with one attached hydrogen (secondary N) is 1. The van der Waals surface area contributed by atoms with E-state index in [0.29, 0.717) is 21.0 Å². The van der Waals surface area contributed by atoms with Crippen molar-refractivity contribution in [1.82, 2.24) is 10.2 Å². The van der Waals surface area contributed by atoms with E-state index in [0.717, 1.165) is 12.1 Å². The summed E-state index contributed by atoms with van der Waals surface area (Å²) in [6.07, 6.45) is -4.72. The molecule has 43 heavy (non-hydrogen) atoms. The van der Waals surface area contributed by atoms with E-state index in [1.54, 1.807) is 58.0 Å². The maximum absolute atomic E-state index is 14.1. The Morgan fingerprint density at radius 2 is 1.53 bits per heavy atom. The number of rotatable bonds is 10. The average Bonchev–Trinajstić information content (AvgIpc) is 2.91. The number of anilines is 1. The lowest BCUT2D eigenvalue weighted by Gasteiger charge is -2.35. The molecule has 0 bridgehead atoms. The van der Waals surface area contributed by atoms with Crippen LogP contribution in [0, 0.1) is 0 Å². The first-order chi connectivity index (χ1) is 19.9. The summed E-state index contributed by atoms with van der Waals surface area (Å²) in [5, 5.41) is 2.66. The summed E-state index contributed by atoms with van der Waals surface area (Å²) in [5.41, 5.74) is -1.73. The van der Waals surface area contributed by atoms with Gasteiger partial charge in [-0.25, -0.2) is 8.42 Å². The summed E-state index contributed by atoms with van der Waals surface area (Å²) in [6, 6.07) is 15.1. The van der Waals surface area contributed by atoms with Crippen LogP contribution in [0.3, 0.4) is 0 Å². The van der Waals surface area contributed by atoms with Gasteiger partial charge in [0, 0.05) is 17.1 Å². The predicted molar refractivity (Wildman–Crippen MR) is 161 cm³/mol. The molecule has 1 N–H and O–H groups in total. The van der Waals surface area contributed by atoms with E-state index in [1.165, 1.54) is 29.2 Å².